The number of likely N-dealkylation sites (tertiary alicyclic amines) is 1. The number of β-amino-alcohol motifs (C(OH)–C–C–N with tert-alkyl or cyclic N) is 1. The SMILES string of the molecule is CC(C)CNCC1(CN2CCCC(C)(O)C2)CCCOC1. The van der Waals surface area contributed by atoms with Gasteiger partial charge in [0.1, 0.15) is 0 Å². The zero-order valence-electron chi connectivity index (χ0n) is 14.2. The van der Waals surface area contributed by atoms with E-state index < -0.39 is 5.60 Å². The Bertz CT molecular complexity index is 312. The quantitative estimate of drug-likeness (QED) is 0.786. The number of nitrogens with zero attached hydrogens (tertiary/aromatic N) is 1. The summed E-state index contributed by atoms with van der Waals surface area (Å²) < 4.78 is 5.81. The fraction of sp³-hybridized carbons (Fsp3) is 1.00. The van der Waals surface area contributed by atoms with Gasteiger partial charge in [-0.3, -0.25) is 4.90 Å². The van der Waals surface area contributed by atoms with E-state index in [1.54, 1.807) is 0 Å². The summed E-state index contributed by atoms with van der Waals surface area (Å²) in [5, 5.41) is 14.0. The van der Waals surface area contributed by atoms with Crippen molar-refractivity contribution in [2.75, 3.05) is 45.9 Å². The molecule has 0 aliphatic carbocycles. The van der Waals surface area contributed by atoms with Crippen molar-refractivity contribution in [3.05, 3.63) is 0 Å². The molecule has 2 saturated heterocycles. The molecular weight excluding hydrogens is 264 g/mol. The molecule has 124 valence electrons. The van der Waals surface area contributed by atoms with Gasteiger partial charge in [0.05, 0.1) is 12.2 Å². The van der Waals surface area contributed by atoms with E-state index in [9.17, 15) is 5.11 Å². The van der Waals surface area contributed by atoms with Gasteiger partial charge in [0.25, 0.3) is 0 Å². The van der Waals surface area contributed by atoms with Crippen molar-refractivity contribution in [2.24, 2.45) is 11.3 Å². The van der Waals surface area contributed by atoms with Crippen LogP contribution in [0.2, 0.25) is 0 Å². The van der Waals surface area contributed by atoms with Crippen LogP contribution in [0.15, 0.2) is 0 Å². The smallest absolute Gasteiger partial charge is 0.0746 e. The first-order valence-electron chi connectivity index (χ1n) is 8.64. The predicted octanol–water partition coefficient (Wildman–Crippen LogP) is 1.88. The van der Waals surface area contributed by atoms with E-state index in [0.29, 0.717) is 5.92 Å². The molecule has 0 aromatic rings. The van der Waals surface area contributed by atoms with Gasteiger partial charge in [-0.1, -0.05) is 13.8 Å². The second-order valence-corrected chi connectivity index (χ2v) is 7.99. The molecular formula is C17H34N2O2. The van der Waals surface area contributed by atoms with Gasteiger partial charge in [-0.05, 0) is 51.6 Å². The topological polar surface area (TPSA) is 44.7 Å². The molecule has 0 spiro atoms. The van der Waals surface area contributed by atoms with Crippen molar-refractivity contribution in [1.29, 1.82) is 0 Å². The number of hydrogen-bond donors (Lipinski definition) is 2. The van der Waals surface area contributed by atoms with Crippen LogP contribution in [0.4, 0.5) is 0 Å². The van der Waals surface area contributed by atoms with Crippen LogP contribution in [0, 0.1) is 11.3 Å². The lowest BCUT2D eigenvalue weighted by atomic mass is 9.80. The monoisotopic (exact) mass is 298 g/mol. The molecule has 0 radical (unpaired) electrons. The van der Waals surface area contributed by atoms with Crippen LogP contribution in [-0.4, -0.2) is 61.5 Å². The summed E-state index contributed by atoms with van der Waals surface area (Å²) in [6.07, 6.45) is 4.42. The normalized spacial score (nSPS) is 35.3. The molecule has 2 fully saturated rings. The largest absolute Gasteiger partial charge is 0.389 e. The molecule has 0 bridgehead atoms. The number of rotatable bonds is 6. The van der Waals surface area contributed by atoms with Gasteiger partial charge in [-0.25, -0.2) is 0 Å². The summed E-state index contributed by atoms with van der Waals surface area (Å²) >= 11 is 0. The molecule has 21 heavy (non-hydrogen) atoms. The van der Waals surface area contributed by atoms with E-state index in [1.165, 1.54) is 6.42 Å². The summed E-state index contributed by atoms with van der Waals surface area (Å²) in [4.78, 5) is 2.45. The minimum Gasteiger partial charge on any atom is -0.389 e. The lowest BCUT2D eigenvalue weighted by Gasteiger charge is -2.45. The fourth-order valence-corrected chi connectivity index (χ4v) is 3.79. The van der Waals surface area contributed by atoms with E-state index >= 15 is 0 Å². The Labute approximate surface area is 130 Å². The van der Waals surface area contributed by atoms with Gasteiger partial charge in [0.15, 0.2) is 0 Å². The highest BCUT2D eigenvalue weighted by Gasteiger charge is 2.37. The van der Waals surface area contributed by atoms with Crippen molar-refractivity contribution in [2.45, 2.75) is 52.1 Å². The number of nitrogens with one attached hydrogen (secondary N) is 1. The third-order valence-electron chi connectivity index (χ3n) is 4.77. The van der Waals surface area contributed by atoms with Crippen LogP contribution < -0.4 is 5.32 Å². The Morgan fingerprint density at radius 3 is 2.71 bits per heavy atom. The van der Waals surface area contributed by atoms with Crippen LogP contribution in [0.5, 0.6) is 0 Å². The molecule has 4 nitrogen and oxygen atoms in total. The summed E-state index contributed by atoms with van der Waals surface area (Å²) in [6.45, 7) is 13.3. The van der Waals surface area contributed by atoms with E-state index in [1.807, 2.05) is 6.92 Å². The highest BCUT2D eigenvalue weighted by molar-refractivity contribution is 4.91. The molecule has 2 N–H and O–H groups in total. The molecule has 0 aromatic heterocycles. The maximum absolute atomic E-state index is 10.3. The summed E-state index contributed by atoms with van der Waals surface area (Å²) in [5.74, 6) is 0.683. The van der Waals surface area contributed by atoms with E-state index in [2.05, 4.69) is 24.1 Å². The Balaban J connectivity index is 1.92. The number of hydrogen-bond acceptors (Lipinski definition) is 4. The average molecular weight is 298 g/mol. The van der Waals surface area contributed by atoms with Crippen molar-refractivity contribution in [3.63, 3.8) is 0 Å². The molecule has 2 atom stereocenters. The van der Waals surface area contributed by atoms with Crippen LogP contribution in [-0.2, 0) is 4.74 Å². The van der Waals surface area contributed by atoms with E-state index in [-0.39, 0.29) is 5.41 Å². The molecule has 2 aliphatic rings. The van der Waals surface area contributed by atoms with Gasteiger partial charge in [-0.15, -0.1) is 0 Å². The van der Waals surface area contributed by atoms with Crippen molar-refractivity contribution >= 4 is 0 Å². The standard InChI is InChI=1S/C17H34N2O2/c1-15(2)10-18-11-17(7-5-9-21-14-17)13-19-8-4-6-16(3,20)12-19/h15,18,20H,4-14H2,1-3H3. The Kier molecular flexibility index (Phi) is 6.06. The average Bonchev–Trinajstić information content (AvgIpc) is 2.38. The Morgan fingerprint density at radius 1 is 1.29 bits per heavy atom. The molecule has 2 heterocycles. The fourth-order valence-electron chi connectivity index (χ4n) is 3.79. The van der Waals surface area contributed by atoms with Gasteiger partial charge in [0, 0.05) is 31.7 Å². The van der Waals surface area contributed by atoms with Gasteiger partial charge in [0.2, 0.25) is 0 Å². The van der Waals surface area contributed by atoms with Crippen LogP contribution in [0.3, 0.4) is 0 Å². The maximum atomic E-state index is 10.3. The minimum absolute atomic E-state index is 0.223. The van der Waals surface area contributed by atoms with E-state index in [0.717, 1.165) is 65.2 Å². The van der Waals surface area contributed by atoms with Crippen LogP contribution in [0.25, 0.3) is 0 Å². The van der Waals surface area contributed by atoms with Gasteiger partial charge >= 0.3 is 0 Å². The van der Waals surface area contributed by atoms with Gasteiger partial charge in [-0.2, -0.15) is 0 Å². The number of ether oxygens (including phenoxy) is 1. The molecule has 0 saturated carbocycles. The molecule has 0 amide bonds. The van der Waals surface area contributed by atoms with Crippen molar-refractivity contribution in [1.82, 2.24) is 10.2 Å². The highest BCUT2D eigenvalue weighted by atomic mass is 16.5. The molecule has 0 aromatic carbocycles. The second kappa shape index (κ2) is 7.40. The van der Waals surface area contributed by atoms with Crippen molar-refractivity contribution in [3.8, 4) is 0 Å². The maximum Gasteiger partial charge on any atom is 0.0746 e. The third kappa shape index (κ3) is 5.51. The lowest BCUT2D eigenvalue weighted by molar-refractivity contribution is -0.0609. The Morgan fingerprint density at radius 2 is 2.10 bits per heavy atom. The molecule has 2 rings (SSSR count). The van der Waals surface area contributed by atoms with Crippen LogP contribution >= 0.6 is 0 Å². The second-order valence-electron chi connectivity index (χ2n) is 7.99. The van der Waals surface area contributed by atoms with Crippen molar-refractivity contribution < 1.29 is 9.84 Å². The summed E-state index contributed by atoms with van der Waals surface area (Å²) in [7, 11) is 0. The first-order valence-corrected chi connectivity index (χ1v) is 8.64. The van der Waals surface area contributed by atoms with Crippen LogP contribution in [0.1, 0.15) is 46.5 Å². The molecule has 4 heteroatoms. The Hall–Kier alpha value is -0.160. The first kappa shape index (κ1) is 17.2. The zero-order chi connectivity index (χ0) is 15.3. The third-order valence-corrected chi connectivity index (χ3v) is 4.77. The molecule has 2 unspecified atom stereocenters. The van der Waals surface area contributed by atoms with Gasteiger partial charge < -0.3 is 15.2 Å². The summed E-state index contributed by atoms with van der Waals surface area (Å²) in [6, 6.07) is 0. The minimum atomic E-state index is -0.514. The summed E-state index contributed by atoms with van der Waals surface area (Å²) in [5.41, 5.74) is -0.291. The highest BCUT2D eigenvalue weighted by Crippen LogP contribution is 2.31. The first-order chi connectivity index (χ1) is 9.91. The number of piperidine rings is 1. The van der Waals surface area contributed by atoms with E-state index in [4.69, 9.17) is 4.74 Å². The predicted molar refractivity (Wildman–Crippen MR) is 86.5 cm³/mol. The lowest BCUT2D eigenvalue weighted by Crippen LogP contribution is -2.54. The number of aliphatic hydroxyl groups is 1. The molecule has 2 aliphatic heterocycles. The zero-order valence-corrected chi connectivity index (χ0v) is 14.2.